The summed E-state index contributed by atoms with van der Waals surface area (Å²) < 4.78 is 11.0. The van der Waals surface area contributed by atoms with Crippen LogP contribution < -0.4 is 15.0 Å². The summed E-state index contributed by atoms with van der Waals surface area (Å²) in [6.07, 6.45) is 4.02. The number of carbonyl (C=O) groups is 3. The van der Waals surface area contributed by atoms with Gasteiger partial charge < -0.3 is 19.3 Å². The fourth-order valence-electron chi connectivity index (χ4n) is 4.27. The van der Waals surface area contributed by atoms with Crippen LogP contribution >= 0.6 is 0 Å². The Labute approximate surface area is 211 Å². The number of esters is 1. The molecule has 2 aromatic carbocycles. The van der Waals surface area contributed by atoms with E-state index < -0.39 is 0 Å². The molecule has 190 valence electrons. The Balaban J connectivity index is 1.15. The Hall–Kier alpha value is -3.88. The lowest BCUT2D eigenvalue weighted by Gasteiger charge is -2.23. The largest absolute Gasteiger partial charge is 0.494 e. The second-order valence-corrected chi connectivity index (χ2v) is 8.86. The topological polar surface area (TPSA) is 101 Å². The highest BCUT2D eigenvalue weighted by molar-refractivity contribution is 6.05. The number of anilines is 1. The van der Waals surface area contributed by atoms with Crippen molar-refractivity contribution in [2.45, 2.75) is 45.6 Å². The van der Waals surface area contributed by atoms with Gasteiger partial charge in [-0.05, 0) is 43.2 Å². The summed E-state index contributed by atoms with van der Waals surface area (Å²) in [4.78, 5) is 43.6. The number of para-hydroxylation sites is 1. The first-order valence-corrected chi connectivity index (χ1v) is 12.4. The molecule has 9 heteroatoms. The summed E-state index contributed by atoms with van der Waals surface area (Å²) >= 11 is 0. The van der Waals surface area contributed by atoms with E-state index in [0.717, 1.165) is 48.4 Å². The van der Waals surface area contributed by atoms with E-state index in [2.05, 4.69) is 10.3 Å². The van der Waals surface area contributed by atoms with E-state index in [1.807, 2.05) is 53.4 Å². The molecule has 2 aromatic rings. The van der Waals surface area contributed by atoms with Crippen LogP contribution in [0.4, 0.5) is 11.4 Å². The summed E-state index contributed by atoms with van der Waals surface area (Å²) in [5.74, 6) is 1.06. The lowest BCUT2D eigenvalue weighted by atomic mass is 10.1. The number of unbranched alkanes of at least 4 members (excludes halogenated alkanes) is 3. The highest BCUT2D eigenvalue weighted by Crippen LogP contribution is 2.30. The van der Waals surface area contributed by atoms with Gasteiger partial charge in [-0.15, -0.1) is 0 Å². The quantitative estimate of drug-likeness (QED) is 0.359. The summed E-state index contributed by atoms with van der Waals surface area (Å²) in [5.41, 5.74) is 2.71. The average molecular weight is 493 g/mol. The predicted molar refractivity (Wildman–Crippen MR) is 136 cm³/mol. The second-order valence-electron chi connectivity index (χ2n) is 8.86. The molecule has 2 heterocycles. The fraction of sp³-hybridized carbons (Fsp3) is 0.407. The molecule has 4 rings (SSSR count). The van der Waals surface area contributed by atoms with Gasteiger partial charge in [0.25, 0.3) is 0 Å². The van der Waals surface area contributed by atoms with E-state index in [4.69, 9.17) is 9.47 Å². The van der Waals surface area contributed by atoms with Crippen LogP contribution in [0.2, 0.25) is 0 Å². The maximum absolute atomic E-state index is 12.8. The number of nitrogens with zero attached hydrogens (tertiary/aromatic N) is 3. The number of amides is 2. The number of fused-ring (bicyclic) bond motifs is 2. The van der Waals surface area contributed by atoms with Gasteiger partial charge in [0, 0.05) is 31.1 Å². The molecule has 0 aliphatic carbocycles. The Morgan fingerprint density at radius 3 is 2.64 bits per heavy atom. The van der Waals surface area contributed by atoms with Crippen LogP contribution in [0, 0.1) is 0 Å². The van der Waals surface area contributed by atoms with Crippen molar-refractivity contribution < 1.29 is 23.9 Å². The van der Waals surface area contributed by atoms with Gasteiger partial charge in [0.2, 0.25) is 17.8 Å². The van der Waals surface area contributed by atoms with Crippen molar-refractivity contribution in [2.24, 2.45) is 4.99 Å². The number of guanidine groups is 1. The second kappa shape index (κ2) is 12.2. The molecule has 2 aliphatic heterocycles. The highest BCUT2D eigenvalue weighted by atomic mass is 16.5. The molecule has 2 amide bonds. The Bertz CT molecular complexity index is 1120. The molecule has 2 aliphatic rings. The number of aliphatic imine (C=N–C) groups is 1. The Morgan fingerprint density at radius 2 is 1.83 bits per heavy atom. The first-order chi connectivity index (χ1) is 17.5. The smallest absolute Gasteiger partial charge is 0.302 e. The van der Waals surface area contributed by atoms with Crippen molar-refractivity contribution in [1.82, 2.24) is 10.2 Å². The average Bonchev–Trinajstić information content (AvgIpc) is 3.23. The maximum atomic E-state index is 12.8. The van der Waals surface area contributed by atoms with Crippen LogP contribution in [0.1, 0.15) is 44.6 Å². The van der Waals surface area contributed by atoms with E-state index >= 15 is 0 Å². The van der Waals surface area contributed by atoms with Gasteiger partial charge in [0.15, 0.2) is 0 Å². The van der Waals surface area contributed by atoms with E-state index in [0.29, 0.717) is 38.6 Å². The zero-order chi connectivity index (χ0) is 25.3. The van der Waals surface area contributed by atoms with Gasteiger partial charge in [0.05, 0.1) is 18.8 Å². The van der Waals surface area contributed by atoms with Crippen LogP contribution in [0.25, 0.3) is 0 Å². The van der Waals surface area contributed by atoms with E-state index in [-0.39, 0.29) is 24.4 Å². The SMILES string of the molecule is CC(=O)OCCN(C(=O)CCCCCCOc1ccc2c(c1)CN1CC(=O)NC1=N2)c1ccccc1. The van der Waals surface area contributed by atoms with Crippen LogP contribution in [-0.2, 0) is 25.7 Å². The van der Waals surface area contributed by atoms with E-state index in [1.165, 1.54) is 6.92 Å². The molecule has 0 saturated carbocycles. The van der Waals surface area contributed by atoms with Crippen LogP contribution in [0.5, 0.6) is 5.75 Å². The van der Waals surface area contributed by atoms with Gasteiger partial charge in [-0.1, -0.05) is 31.0 Å². The number of carbonyl (C=O) groups excluding carboxylic acids is 3. The maximum Gasteiger partial charge on any atom is 0.302 e. The van der Waals surface area contributed by atoms with Crippen LogP contribution in [0.15, 0.2) is 53.5 Å². The number of ether oxygens (including phenoxy) is 2. The minimum Gasteiger partial charge on any atom is -0.494 e. The molecule has 1 saturated heterocycles. The zero-order valence-corrected chi connectivity index (χ0v) is 20.6. The van der Waals surface area contributed by atoms with Gasteiger partial charge in [0.1, 0.15) is 18.9 Å². The third-order valence-electron chi connectivity index (χ3n) is 6.07. The Kier molecular flexibility index (Phi) is 8.54. The summed E-state index contributed by atoms with van der Waals surface area (Å²) in [5, 5.41) is 2.77. The normalized spacial score (nSPS) is 13.9. The zero-order valence-electron chi connectivity index (χ0n) is 20.6. The number of hydrogen-bond donors (Lipinski definition) is 1. The minimum atomic E-state index is -0.351. The minimum absolute atomic E-state index is 0.0272. The monoisotopic (exact) mass is 492 g/mol. The van der Waals surface area contributed by atoms with Crippen molar-refractivity contribution >= 4 is 35.1 Å². The number of hydrogen-bond acceptors (Lipinski definition) is 7. The molecule has 0 radical (unpaired) electrons. The molecule has 0 aromatic heterocycles. The van der Waals surface area contributed by atoms with E-state index in [9.17, 15) is 14.4 Å². The van der Waals surface area contributed by atoms with Gasteiger partial charge in [-0.25, -0.2) is 4.99 Å². The molecule has 1 fully saturated rings. The standard InChI is InChI=1S/C27H32N4O5/c1-20(32)35-16-14-31(22-9-5-4-6-10-22)26(34)11-7-2-3-8-15-36-23-12-13-24-21(17-23)18-30-19-25(33)29-27(30)28-24/h4-6,9-10,12-13,17H,2-3,7-8,11,14-16,18-19H2,1H3,(H,28,29,33). The summed E-state index contributed by atoms with van der Waals surface area (Å²) in [6.45, 7) is 3.46. The molecule has 1 N–H and O–H groups in total. The predicted octanol–water partition coefficient (Wildman–Crippen LogP) is 3.55. The lowest BCUT2D eigenvalue weighted by Crippen LogP contribution is -2.34. The van der Waals surface area contributed by atoms with Crippen molar-refractivity contribution in [3.8, 4) is 5.75 Å². The number of rotatable bonds is 12. The molecular formula is C27H32N4O5. The van der Waals surface area contributed by atoms with Crippen LogP contribution in [0.3, 0.4) is 0 Å². The van der Waals surface area contributed by atoms with Gasteiger partial charge in [-0.2, -0.15) is 0 Å². The molecule has 0 unspecified atom stereocenters. The number of benzene rings is 2. The van der Waals surface area contributed by atoms with Gasteiger partial charge >= 0.3 is 5.97 Å². The van der Waals surface area contributed by atoms with Crippen molar-refractivity contribution in [1.29, 1.82) is 0 Å². The first kappa shape index (κ1) is 25.2. The lowest BCUT2D eigenvalue weighted by molar-refractivity contribution is -0.141. The number of nitrogens with one attached hydrogen (secondary N) is 1. The third kappa shape index (κ3) is 6.84. The fourth-order valence-corrected chi connectivity index (χ4v) is 4.27. The van der Waals surface area contributed by atoms with Crippen molar-refractivity contribution in [3.63, 3.8) is 0 Å². The van der Waals surface area contributed by atoms with Crippen molar-refractivity contribution in [2.75, 3.05) is 31.2 Å². The first-order valence-electron chi connectivity index (χ1n) is 12.4. The molecular weight excluding hydrogens is 460 g/mol. The highest BCUT2D eigenvalue weighted by Gasteiger charge is 2.29. The van der Waals surface area contributed by atoms with E-state index in [1.54, 1.807) is 4.90 Å². The van der Waals surface area contributed by atoms with Crippen LogP contribution in [-0.4, -0.2) is 54.9 Å². The molecule has 0 atom stereocenters. The Morgan fingerprint density at radius 1 is 1.03 bits per heavy atom. The summed E-state index contributed by atoms with van der Waals surface area (Å²) in [7, 11) is 0. The van der Waals surface area contributed by atoms with Gasteiger partial charge in [-0.3, -0.25) is 19.7 Å². The molecule has 36 heavy (non-hydrogen) atoms. The summed E-state index contributed by atoms with van der Waals surface area (Å²) in [6, 6.07) is 15.3. The molecule has 0 spiro atoms. The molecule has 9 nitrogen and oxygen atoms in total. The third-order valence-corrected chi connectivity index (χ3v) is 6.07. The van der Waals surface area contributed by atoms with Crippen molar-refractivity contribution in [3.05, 3.63) is 54.1 Å². The molecule has 0 bridgehead atoms.